The van der Waals surface area contributed by atoms with Crippen LogP contribution in [-0.4, -0.2) is 37.6 Å². The van der Waals surface area contributed by atoms with Gasteiger partial charge in [-0.05, 0) is 44.7 Å². The first-order valence-corrected chi connectivity index (χ1v) is 6.17. The largest absolute Gasteiger partial charge is 0.316 e. The highest BCUT2D eigenvalue weighted by atomic mass is 15.2. The summed E-state index contributed by atoms with van der Waals surface area (Å²) in [7, 11) is 2.29. The number of rotatable bonds is 5. The molecule has 2 aliphatic carbocycles. The lowest BCUT2D eigenvalue weighted by Crippen LogP contribution is -2.53. The molecule has 2 heteroatoms. The van der Waals surface area contributed by atoms with Crippen molar-refractivity contribution in [3.63, 3.8) is 0 Å². The van der Waals surface area contributed by atoms with Crippen LogP contribution in [0.1, 0.15) is 39.0 Å². The molecule has 0 saturated heterocycles. The van der Waals surface area contributed by atoms with Gasteiger partial charge in [0.05, 0.1) is 0 Å². The van der Waals surface area contributed by atoms with Crippen molar-refractivity contribution in [1.82, 2.24) is 10.2 Å². The van der Waals surface area contributed by atoms with Gasteiger partial charge in [-0.1, -0.05) is 13.3 Å². The molecule has 0 aromatic carbocycles. The van der Waals surface area contributed by atoms with Crippen molar-refractivity contribution in [2.75, 3.05) is 26.7 Å². The first-order chi connectivity index (χ1) is 6.76. The zero-order chi connectivity index (χ0) is 10.0. The van der Waals surface area contributed by atoms with Crippen molar-refractivity contribution in [3.8, 4) is 0 Å². The predicted molar refractivity (Wildman–Crippen MR) is 60.5 cm³/mol. The van der Waals surface area contributed by atoms with Crippen LogP contribution < -0.4 is 5.32 Å². The van der Waals surface area contributed by atoms with Crippen LogP contribution in [0.25, 0.3) is 0 Å². The molecular weight excluding hydrogens is 172 g/mol. The quantitative estimate of drug-likeness (QED) is 0.675. The zero-order valence-electron chi connectivity index (χ0n) is 9.68. The first kappa shape index (κ1) is 10.4. The summed E-state index contributed by atoms with van der Waals surface area (Å²) in [6.45, 7) is 5.64. The second kappa shape index (κ2) is 4.19. The highest BCUT2D eigenvalue weighted by Gasteiger charge is 2.48. The average Bonchev–Trinajstić information content (AvgIpc) is 1.99. The van der Waals surface area contributed by atoms with E-state index in [9.17, 15) is 0 Å². The van der Waals surface area contributed by atoms with Crippen LogP contribution in [0.2, 0.25) is 0 Å². The smallest absolute Gasteiger partial charge is 0.0107 e. The van der Waals surface area contributed by atoms with Gasteiger partial charge in [-0.3, -0.25) is 0 Å². The molecule has 2 nitrogen and oxygen atoms in total. The van der Waals surface area contributed by atoms with Crippen LogP contribution >= 0.6 is 0 Å². The van der Waals surface area contributed by atoms with Crippen molar-refractivity contribution < 1.29 is 0 Å². The van der Waals surface area contributed by atoms with Crippen LogP contribution in [-0.2, 0) is 0 Å². The molecule has 0 bridgehead atoms. The molecule has 0 aromatic rings. The number of hydrogen-bond donors (Lipinski definition) is 1. The molecule has 0 aromatic heterocycles. The van der Waals surface area contributed by atoms with E-state index in [1.807, 2.05) is 0 Å². The van der Waals surface area contributed by atoms with Crippen molar-refractivity contribution in [1.29, 1.82) is 0 Å². The lowest BCUT2D eigenvalue weighted by atomic mass is 9.54. The normalized spacial score (nSPS) is 25.1. The third kappa shape index (κ3) is 1.96. The van der Waals surface area contributed by atoms with Crippen LogP contribution in [0.4, 0.5) is 0 Å². The molecule has 0 unspecified atom stereocenters. The third-order valence-corrected chi connectivity index (χ3v) is 4.27. The minimum absolute atomic E-state index is 0.830. The zero-order valence-corrected chi connectivity index (χ0v) is 9.68. The molecule has 2 saturated carbocycles. The molecule has 82 valence electrons. The van der Waals surface area contributed by atoms with Gasteiger partial charge >= 0.3 is 0 Å². The molecule has 0 atom stereocenters. The SMILES string of the molecule is CCNCCN(C)C1CC2(CCC2)C1. The number of nitrogens with one attached hydrogen (secondary N) is 1. The topological polar surface area (TPSA) is 15.3 Å². The van der Waals surface area contributed by atoms with Crippen LogP contribution in [0, 0.1) is 5.41 Å². The summed E-state index contributed by atoms with van der Waals surface area (Å²) in [4.78, 5) is 2.55. The van der Waals surface area contributed by atoms with Crippen LogP contribution in [0.3, 0.4) is 0 Å². The number of hydrogen-bond acceptors (Lipinski definition) is 2. The van der Waals surface area contributed by atoms with Crippen molar-refractivity contribution in [2.45, 2.75) is 45.1 Å². The van der Waals surface area contributed by atoms with Gasteiger partial charge in [-0.25, -0.2) is 0 Å². The van der Waals surface area contributed by atoms with E-state index in [0.29, 0.717) is 0 Å². The maximum Gasteiger partial charge on any atom is 0.0107 e. The Bertz CT molecular complexity index is 179. The fourth-order valence-corrected chi connectivity index (χ4v) is 2.95. The fraction of sp³-hybridized carbons (Fsp3) is 1.00. The van der Waals surface area contributed by atoms with Gasteiger partial charge in [0, 0.05) is 19.1 Å². The van der Waals surface area contributed by atoms with Crippen LogP contribution in [0.5, 0.6) is 0 Å². The van der Waals surface area contributed by atoms with E-state index in [-0.39, 0.29) is 0 Å². The highest BCUT2D eigenvalue weighted by molar-refractivity contribution is 5.02. The number of likely N-dealkylation sites (N-methyl/N-ethyl adjacent to an activating group) is 2. The summed E-state index contributed by atoms with van der Waals surface area (Å²) < 4.78 is 0. The number of nitrogens with zero attached hydrogens (tertiary/aromatic N) is 1. The van der Waals surface area contributed by atoms with E-state index in [4.69, 9.17) is 0 Å². The second-order valence-electron chi connectivity index (χ2n) is 5.25. The monoisotopic (exact) mass is 196 g/mol. The van der Waals surface area contributed by atoms with Gasteiger partial charge in [0.15, 0.2) is 0 Å². The highest BCUT2D eigenvalue weighted by Crippen LogP contribution is 2.56. The van der Waals surface area contributed by atoms with E-state index in [2.05, 4.69) is 24.2 Å². The van der Waals surface area contributed by atoms with Crippen molar-refractivity contribution in [2.24, 2.45) is 5.41 Å². The molecule has 0 heterocycles. The Morgan fingerprint density at radius 1 is 1.36 bits per heavy atom. The van der Waals surface area contributed by atoms with Gasteiger partial charge < -0.3 is 10.2 Å². The van der Waals surface area contributed by atoms with E-state index in [0.717, 1.165) is 24.5 Å². The molecule has 14 heavy (non-hydrogen) atoms. The second-order valence-corrected chi connectivity index (χ2v) is 5.25. The molecule has 0 radical (unpaired) electrons. The van der Waals surface area contributed by atoms with Gasteiger partial charge in [0.25, 0.3) is 0 Å². The molecule has 1 N–H and O–H groups in total. The molecule has 0 amide bonds. The lowest BCUT2D eigenvalue weighted by Gasteiger charge is -2.56. The maximum absolute atomic E-state index is 3.39. The Morgan fingerprint density at radius 3 is 2.57 bits per heavy atom. The van der Waals surface area contributed by atoms with Gasteiger partial charge in [-0.2, -0.15) is 0 Å². The summed E-state index contributed by atoms with van der Waals surface area (Å²) in [6, 6.07) is 0.897. The molecule has 2 fully saturated rings. The molecule has 0 aliphatic heterocycles. The summed E-state index contributed by atoms with van der Waals surface area (Å²) in [5.41, 5.74) is 0.830. The predicted octanol–water partition coefficient (Wildman–Crippen LogP) is 1.86. The summed E-state index contributed by atoms with van der Waals surface area (Å²) >= 11 is 0. The van der Waals surface area contributed by atoms with E-state index in [1.165, 1.54) is 38.6 Å². The third-order valence-electron chi connectivity index (χ3n) is 4.27. The summed E-state index contributed by atoms with van der Waals surface area (Å²) in [5.74, 6) is 0. The van der Waals surface area contributed by atoms with E-state index < -0.39 is 0 Å². The molecule has 2 aliphatic rings. The molecular formula is C12H24N2. The minimum atomic E-state index is 0.830. The van der Waals surface area contributed by atoms with Crippen molar-refractivity contribution in [3.05, 3.63) is 0 Å². The fourth-order valence-electron chi connectivity index (χ4n) is 2.95. The van der Waals surface area contributed by atoms with Gasteiger partial charge in [0.2, 0.25) is 0 Å². The molecule has 1 spiro atoms. The Hall–Kier alpha value is -0.0800. The van der Waals surface area contributed by atoms with Crippen LogP contribution in [0.15, 0.2) is 0 Å². The van der Waals surface area contributed by atoms with E-state index in [1.54, 1.807) is 0 Å². The Morgan fingerprint density at radius 2 is 2.07 bits per heavy atom. The van der Waals surface area contributed by atoms with Gasteiger partial charge in [-0.15, -0.1) is 0 Å². The summed E-state index contributed by atoms with van der Waals surface area (Å²) in [6.07, 6.45) is 7.49. The molecule has 2 rings (SSSR count). The average molecular weight is 196 g/mol. The first-order valence-electron chi connectivity index (χ1n) is 6.17. The van der Waals surface area contributed by atoms with Crippen molar-refractivity contribution >= 4 is 0 Å². The Kier molecular flexibility index (Phi) is 3.13. The lowest BCUT2D eigenvalue weighted by molar-refractivity contribution is -0.0460. The van der Waals surface area contributed by atoms with Gasteiger partial charge in [0.1, 0.15) is 0 Å². The minimum Gasteiger partial charge on any atom is -0.316 e. The standard InChI is InChI=1S/C12H24N2/c1-3-13-7-8-14(2)11-9-12(10-11)5-4-6-12/h11,13H,3-10H2,1-2H3. The summed E-state index contributed by atoms with van der Waals surface area (Å²) in [5, 5.41) is 3.39. The van der Waals surface area contributed by atoms with E-state index >= 15 is 0 Å². The Labute approximate surface area is 88.1 Å². The maximum atomic E-state index is 3.39. The Balaban J connectivity index is 1.61.